The molecule has 0 saturated carbocycles. The Morgan fingerprint density at radius 3 is 1.80 bits per heavy atom. The summed E-state index contributed by atoms with van der Waals surface area (Å²) in [4.78, 5) is 10.5. The first-order valence-corrected chi connectivity index (χ1v) is 3.32. The van der Waals surface area contributed by atoms with E-state index in [2.05, 4.69) is 9.47 Å². The second-order valence-corrected chi connectivity index (χ2v) is 3.20. The highest BCUT2D eigenvalue weighted by molar-refractivity contribution is 6.38. The van der Waals surface area contributed by atoms with Crippen LogP contribution >= 0.6 is 23.2 Å². The van der Waals surface area contributed by atoms with Gasteiger partial charge in [0, 0.05) is 0 Å². The van der Waals surface area contributed by atoms with E-state index in [1.54, 1.807) is 0 Å². The first kappa shape index (κ1) is 6.31. The van der Waals surface area contributed by atoms with Crippen molar-refractivity contribution in [3.05, 3.63) is 12.2 Å². The van der Waals surface area contributed by atoms with Crippen molar-refractivity contribution in [3.63, 3.8) is 0 Å². The normalized spacial score (nSPS) is 49.2. The molecule has 54 valence electrons. The van der Waals surface area contributed by atoms with E-state index in [0.717, 1.165) is 0 Å². The molecule has 2 rings (SSSR count). The maximum atomic E-state index is 10.5. The SMILES string of the molecule is O=C1OC2(Cl)C=CC2(Cl)O1. The van der Waals surface area contributed by atoms with E-state index in [0.29, 0.717) is 0 Å². The van der Waals surface area contributed by atoms with Gasteiger partial charge in [0.1, 0.15) is 0 Å². The summed E-state index contributed by atoms with van der Waals surface area (Å²) in [5, 5.41) is -2.54. The molecular weight excluding hydrogens is 179 g/mol. The van der Waals surface area contributed by atoms with Crippen molar-refractivity contribution in [2.75, 3.05) is 0 Å². The number of halogens is 2. The van der Waals surface area contributed by atoms with Crippen molar-refractivity contribution in [2.45, 2.75) is 10.1 Å². The molecule has 0 aromatic rings. The maximum absolute atomic E-state index is 10.5. The summed E-state index contributed by atoms with van der Waals surface area (Å²) in [7, 11) is 0. The standard InChI is InChI=1S/C5H2Cl2O3/c6-4-1-2-5(4,7)10-3(8)9-4/h1-2H. The molecule has 1 aliphatic heterocycles. The summed E-state index contributed by atoms with van der Waals surface area (Å²) in [5.41, 5.74) is 0. The summed E-state index contributed by atoms with van der Waals surface area (Å²) < 4.78 is 9.07. The van der Waals surface area contributed by atoms with Crippen LogP contribution in [0.2, 0.25) is 0 Å². The van der Waals surface area contributed by atoms with Crippen molar-refractivity contribution >= 4 is 29.4 Å². The van der Waals surface area contributed by atoms with Crippen LogP contribution < -0.4 is 0 Å². The molecule has 3 nitrogen and oxygen atoms in total. The molecule has 2 unspecified atom stereocenters. The summed E-state index contributed by atoms with van der Waals surface area (Å²) in [6.07, 6.45) is 2.09. The zero-order chi connectivity index (χ0) is 7.41. The minimum Gasteiger partial charge on any atom is -0.402 e. The topological polar surface area (TPSA) is 35.5 Å². The molecule has 1 saturated heterocycles. The lowest BCUT2D eigenvalue weighted by Crippen LogP contribution is -2.46. The fourth-order valence-corrected chi connectivity index (χ4v) is 1.27. The van der Waals surface area contributed by atoms with Crippen molar-refractivity contribution in [1.82, 2.24) is 0 Å². The van der Waals surface area contributed by atoms with E-state index >= 15 is 0 Å². The van der Waals surface area contributed by atoms with Crippen LogP contribution in [0.5, 0.6) is 0 Å². The lowest BCUT2D eigenvalue weighted by Gasteiger charge is -2.32. The zero-order valence-corrected chi connectivity index (χ0v) is 6.15. The lowest BCUT2D eigenvalue weighted by atomic mass is 10.0. The van der Waals surface area contributed by atoms with Crippen LogP contribution in [-0.4, -0.2) is 16.3 Å². The average molecular weight is 181 g/mol. The molecule has 1 aliphatic carbocycles. The molecule has 0 spiro atoms. The van der Waals surface area contributed by atoms with Gasteiger partial charge in [0.05, 0.1) is 0 Å². The summed E-state index contributed by atoms with van der Waals surface area (Å²) in [6, 6.07) is 0. The smallest absolute Gasteiger partial charge is 0.402 e. The Morgan fingerprint density at radius 1 is 1.20 bits per heavy atom. The van der Waals surface area contributed by atoms with Crippen LogP contribution in [0.3, 0.4) is 0 Å². The van der Waals surface area contributed by atoms with Crippen molar-refractivity contribution < 1.29 is 14.3 Å². The van der Waals surface area contributed by atoms with Gasteiger partial charge in [-0.15, -0.1) is 0 Å². The molecule has 5 heteroatoms. The molecule has 1 fully saturated rings. The highest BCUT2D eigenvalue weighted by atomic mass is 35.5. The van der Waals surface area contributed by atoms with Gasteiger partial charge in [-0.05, 0) is 12.2 Å². The van der Waals surface area contributed by atoms with Gasteiger partial charge in [0.15, 0.2) is 0 Å². The quantitative estimate of drug-likeness (QED) is 0.323. The molecule has 0 aromatic carbocycles. The van der Waals surface area contributed by atoms with Gasteiger partial charge < -0.3 is 9.47 Å². The van der Waals surface area contributed by atoms with E-state index < -0.39 is 16.3 Å². The highest BCUT2D eigenvalue weighted by Crippen LogP contribution is 2.51. The third-order valence-electron chi connectivity index (χ3n) is 1.44. The van der Waals surface area contributed by atoms with E-state index in [-0.39, 0.29) is 0 Å². The van der Waals surface area contributed by atoms with E-state index in [4.69, 9.17) is 23.2 Å². The van der Waals surface area contributed by atoms with Gasteiger partial charge in [-0.3, -0.25) is 0 Å². The predicted octanol–water partition coefficient (Wildman–Crippen LogP) is 1.59. The van der Waals surface area contributed by atoms with Crippen molar-refractivity contribution in [3.8, 4) is 0 Å². The number of carbonyl (C=O) groups excluding carboxylic acids is 1. The van der Waals surface area contributed by atoms with Crippen molar-refractivity contribution in [1.29, 1.82) is 0 Å². The van der Waals surface area contributed by atoms with Gasteiger partial charge in [-0.1, -0.05) is 23.2 Å². The molecule has 0 radical (unpaired) electrons. The zero-order valence-electron chi connectivity index (χ0n) is 4.64. The fraction of sp³-hybridized carbons (Fsp3) is 0.400. The summed E-state index contributed by atoms with van der Waals surface area (Å²) >= 11 is 11.3. The molecular formula is C5H2Cl2O3. The van der Waals surface area contributed by atoms with Crippen LogP contribution in [-0.2, 0) is 9.47 Å². The van der Waals surface area contributed by atoms with Crippen LogP contribution in [0.4, 0.5) is 4.79 Å². The van der Waals surface area contributed by atoms with Gasteiger partial charge in [-0.2, -0.15) is 0 Å². The first-order chi connectivity index (χ1) is 4.56. The number of hydrogen-bond acceptors (Lipinski definition) is 3. The van der Waals surface area contributed by atoms with Crippen LogP contribution in [0.1, 0.15) is 0 Å². The van der Waals surface area contributed by atoms with Gasteiger partial charge in [-0.25, -0.2) is 4.79 Å². The Balaban J connectivity index is 2.40. The minimum absolute atomic E-state index is 0.838. The molecule has 1 heterocycles. The number of alkyl halides is 2. The molecule has 0 N–H and O–H groups in total. The maximum Gasteiger partial charge on any atom is 0.512 e. The van der Waals surface area contributed by atoms with Crippen LogP contribution in [0.15, 0.2) is 12.2 Å². The lowest BCUT2D eigenvalue weighted by molar-refractivity contribution is 0.118. The van der Waals surface area contributed by atoms with Gasteiger partial charge in [0.2, 0.25) is 0 Å². The Morgan fingerprint density at radius 2 is 1.60 bits per heavy atom. The Labute approximate surface area is 66.5 Å². The number of hydrogen-bond donors (Lipinski definition) is 0. The third-order valence-corrected chi connectivity index (χ3v) is 2.51. The first-order valence-electron chi connectivity index (χ1n) is 2.56. The van der Waals surface area contributed by atoms with Gasteiger partial charge >= 0.3 is 6.16 Å². The van der Waals surface area contributed by atoms with E-state index in [1.807, 2.05) is 0 Å². The van der Waals surface area contributed by atoms with Gasteiger partial charge in [0.25, 0.3) is 10.1 Å². The number of carbonyl (C=O) groups is 1. The van der Waals surface area contributed by atoms with E-state index in [9.17, 15) is 4.79 Å². The largest absolute Gasteiger partial charge is 0.512 e. The Hall–Kier alpha value is -0.410. The number of fused-ring (bicyclic) bond motifs is 1. The fourth-order valence-electron chi connectivity index (χ4n) is 0.816. The highest BCUT2D eigenvalue weighted by Gasteiger charge is 2.65. The number of rotatable bonds is 0. The second-order valence-electron chi connectivity index (χ2n) is 2.08. The third kappa shape index (κ3) is 0.503. The van der Waals surface area contributed by atoms with E-state index in [1.165, 1.54) is 12.2 Å². The molecule has 0 aromatic heterocycles. The molecule has 0 amide bonds. The number of ether oxygens (including phenoxy) is 2. The predicted molar refractivity (Wildman–Crippen MR) is 33.9 cm³/mol. The average Bonchev–Trinajstić information content (AvgIpc) is 1.95. The molecule has 0 bridgehead atoms. The molecule has 2 atom stereocenters. The molecule has 10 heavy (non-hydrogen) atoms. The monoisotopic (exact) mass is 180 g/mol. The summed E-state index contributed by atoms with van der Waals surface area (Å²) in [5.74, 6) is 0. The second kappa shape index (κ2) is 1.43. The Bertz CT molecular complexity index is 217. The van der Waals surface area contributed by atoms with Crippen LogP contribution in [0, 0.1) is 0 Å². The Kier molecular flexibility index (Phi) is 0.904. The van der Waals surface area contributed by atoms with Crippen molar-refractivity contribution in [2.24, 2.45) is 0 Å². The summed E-state index contributed by atoms with van der Waals surface area (Å²) in [6.45, 7) is 0. The minimum atomic E-state index is -1.27. The van der Waals surface area contributed by atoms with Crippen LogP contribution in [0.25, 0.3) is 0 Å². The molecule has 2 aliphatic rings.